The van der Waals surface area contributed by atoms with Gasteiger partial charge in [-0.3, -0.25) is 4.79 Å². The van der Waals surface area contributed by atoms with E-state index in [-0.39, 0.29) is 29.6 Å². The van der Waals surface area contributed by atoms with E-state index in [0.29, 0.717) is 28.8 Å². The van der Waals surface area contributed by atoms with Gasteiger partial charge in [0.15, 0.2) is 0 Å². The Morgan fingerprint density at radius 1 is 1.44 bits per heavy atom. The lowest BCUT2D eigenvalue weighted by Crippen LogP contribution is -2.42. The van der Waals surface area contributed by atoms with Crippen molar-refractivity contribution in [3.63, 3.8) is 0 Å². The van der Waals surface area contributed by atoms with Gasteiger partial charge in [-0.25, -0.2) is 0 Å². The zero-order chi connectivity index (χ0) is 18.9. The summed E-state index contributed by atoms with van der Waals surface area (Å²) in [6.45, 7) is 3.57. The Kier molecular flexibility index (Phi) is 6.93. The predicted octanol–water partition coefficient (Wildman–Crippen LogP) is 4.22. The molecule has 150 valence electrons. The van der Waals surface area contributed by atoms with Crippen LogP contribution in [-0.4, -0.2) is 42.6 Å². The second kappa shape index (κ2) is 8.62. The summed E-state index contributed by atoms with van der Waals surface area (Å²) in [6, 6.07) is 3.27. The monoisotopic (exact) mass is 423 g/mol. The van der Waals surface area contributed by atoms with Gasteiger partial charge in [0, 0.05) is 18.7 Å². The average molecular weight is 424 g/mol. The molecule has 0 saturated carbocycles. The summed E-state index contributed by atoms with van der Waals surface area (Å²) in [5.74, 6) is -0.761. The Hall–Kier alpha value is -1.58. The number of hydrogen-bond donors (Lipinski definition) is 1. The van der Waals surface area contributed by atoms with Crippen molar-refractivity contribution in [3.8, 4) is 10.6 Å². The predicted molar refractivity (Wildman–Crippen MR) is 99.4 cm³/mol. The molecule has 0 aromatic carbocycles. The molecule has 1 saturated heterocycles. The molecule has 3 rings (SSSR count). The molecule has 5 nitrogen and oxygen atoms in total. The number of rotatable bonds is 4. The van der Waals surface area contributed by atoms with E-state index in [0.717, 1.165) is 30.7 Å². The number of piperidine rings is 1. The summed E-state index contributed by atoms with van der Waals surface area (Å²) in [6.07, 6.45) is -2.55. The molecule has 0 spiro atoms. The summed E-state index contributed by atoms with van der Waals surface area (Å²) < 4.78 is 43.0. The highest BCUT2D eigenvalue weighted by Crippen LogP contribution is 2.38. The Balaban J connectivity index is 0.00000261. The highest BCUT2D eigenvalue weighted by atomic mass is 35.5. The Morgan fingerprint density at radius 3 is 2.81 bits per heavy atom. The summed E-state index contributed by atoms with van der Waals surface area (Å²) in [5, 5.41) is 6.69. The van der Waals surface area contributed by atoms with Crippen molar-refractivity contribution < 1.29 is 22.5 Å². The van der Waals surface area contributed by atoms with Gasteiger partial charge in [-0.05, 0) is 51.4 Å². The normalized spacial score (nSPS) is 17.7. The lowest BCUT2D eigenvalue weighted by Gasteiger charge is -2.32. The number of hydrogen-bond acceptors (Lipinski definition) is 5. The number of carbonyl (C=O) groups is 1. The van der Waals surface area contributed by atoms with Gasteiger partial charge in [-0.2, -0.15) is 13.2 Å². The van der Waals surface area contributed by atoms with Crippen LogP contribution in [0.2, 0.25) is 0 Å². The van der Waals surface area contributed by atoms with E-state index in [4.69, 9.17) is 0 Å². The Morgan fingerprint density at radius 2 is 2.19 bits per heavy atom. The van der Waals surface area contributed by atoms with Crippen molar-refractivity contribution in [2.45, 2.75) is 25.9 Å². The molecule has 2 aromatic heterocycles. The van der Waals surface area contributed by atoms with Gasteiger partial charge in [-0.1, -0.05) is 5.16 Å². The number of nitrogens with one attached hydrogen (secondary N) is 1. The van der Waals surface area contributed by atoms with Crippen LogP contribution in [0.15, 0.2) is 16.7 Å². The summed E-state index contributed by atoms with van der Waals surface area (Å²) in [4.78, 5) is 15.5. The maximum absolute atomic E-state index is 12.9. The zero-order valence-corrected chi connectivity index (χ0v) is 16.6. The maximum Gasteiger partial charge on any atom is 0.452 e. The van der Waals surface area contributed by atoms with E-state index in [9.17, 15) is 18.0 Å². The standard InChI is InChI=1S/C17H20F3N3O2S.ClH/c1-10-14(22-25-15(10)17(18,19)20)12-5-6-13(26-12)16(24)23-7-3-4-11(9-23)8-21-2;/h5-6,11,21H,3-4,7-9H2,1-2H3;1H/t11-;/m1./s1. The van der Waals surface area contributed by atoms with Crippen LogP contribution in [0.3, 0.4) is 0 Å². The molecule has 0 aliphatic carbocycles. The minimum Gasteiger partial charge on any atom is -0.351 e. The van der Waals surface area contributed by atoms with Gasteiger partial charge < -0.3 is 14.7 Å². The number of halogens is 4. The fourth-order valence-electron chi connectivity index (χ4n) is 3.27. The number of alkyl halides is 3. The molecule has 1 N–H and O–H groups in total. The van der Waals surface area contributed by atoms with Crippen LogP contribution in [-0.2, 0) is 6.18 Å². The largest absolute Gasteiger partial charge is 0.452 e. The topological polar surface area (TPSA) is 58.4 Å². The van der Waals surface area contributed by atoms with Gasteiger partial charge in [-0.15, -0.1) is 23.7 Å². The second-order valence-corrected chi connectivity index (χ2v) is 7.55. The zero-order valence-electron chi connectivity index (χ0n) is 14.9. The molecule has 27 heavy (non-hydrogen) atoms. The minimum absolute atomic E-state index is 0. The van der Waals surface area contributed by atoms with E-state index in [1.807, 2.05) is 11.9 Å². The molecular weight excluding hydrogens is 403 g/mol. The maximum atomic E-state index is 12.9. The van der Waals surface area contributed by atoms with Crippen LogP contribution in [0.5, 0.6) is 0 Å². The van der Waals surface area contributed by atoms with E-state index in [2.05, 4.69) is 15.0 Å². The number of nitrogens with zero attached hydrogens (tertiary/aromatic N) is 2. The number of likely N-dealkylation sites (tertiary alicyclic amines) is 1. The molecule has 0 unspecified atom stereocenters. The van der Waals surface area contributed by atoms with Crippen LogP contribution >= 0.6 is 23.7 Å². The fraction of sp³-hybridized carbons (Fsp3) is 0.529. The van der Waals surface area contributed by atoms with Crippen LogP contribution < -0.4 is 5.32 Å². The first-order valence-electron chi connectivity index (χ1n) is 8.38. The van der Waals surface area contributed by atoms with E-state index >= 15 is 0 Å². The third-order valence-electron chi connectivity index (χ3n) is 4.53. The third kappa shape index (κ3) is 4.64. The van der Waals surface area contributed by atoms with Gasteiger partial charge in [0.25, 0.3) is 5.91 Å². The lowest BCUT2D eigenvalue weighted by atomic mass is 9.98. The van der Waals surface area contributed by atoms with Crippen LogP contribution in [0.4, 0.5) is 13.2 Å². The van der Waals surface area contributed by atoms with Crippen molar-refractivity contribution in [2.24, 2.45) is 5.92 Å². The summed E-state index contributed by atoms with van der Waals surface area (Å²) in [7, 11) is 1.89. The first-order chi connectivity index (χ1) is 12.3. The van der Waals surface area contributed by atoms with Crippen molar-refractivity contribution >= 4 is 29.7 Å². The molecule has 1 amide bonds. The van der Waals surface area contributed by atoms with E-state index in [1.54, 1.807) is 12.1 Å². The molecule has 0 bridgehead atoms. The Bertz CT molecular complexity index is 789. The van der Waals surface area contributed by atoms with Crippen LogP contribution in [0.1, 0.15) is 33.8 Å². The van der Waals surface area contributed by atoms with E-state index < -0.39 is 11.9 Å². The molecule has 1 aliphatic heterocycles. The smallest absolute Gasteiger partial charge is 0.351 e. The number of amides is 1. The van der Waals surface area contributed by atoms with Crippen LogP contribution in [0, 0.1) is 12.8 Å². The van der Waals surface area contributed by atoms with Crippen molar-refractivity contribution in [1.29, 1.82) is 0 Å². The first-order valence-corrected chi connectivity index (χ1v) is 9.20. The highest BCUT2D eigenvalue weighted by Gasteiger charge is 2.39. The fourth-order valence-corrected chi connectivity index (χ4v) is 4.28. The van der Waals surface area contributed by atoms with Gasteiger partial charge in [0.2, 0.25) is 5.76 Å². The number of thiophene rings is 1. The molecule has 3 heterocycles. The molecule has 10 heteroatoms. The quantitative estimate of drug-likeness (QED) is 0.799. The highest BCUT2D eigenvalue weighted by molar-refractivity contribution is 7.17. The first kappa shape index (κ1) is 21.7. The molecule has 1 aliphatic rings. The average Bonchev–Trinajstić information content (AvgIpc) is 3.20. The molecular formula is C17H21ClF3N3O2S. The van der Waals surface area contributed by atoms with E-state index in [1.165, 1.54) is 6.92 Å². The molecule has 1 atom stereocenters. The molecule has 1 fully saturated rings. The Labute approximate surface area is 165 Å². The minimum atomic E-state index is -4.58. The number of aromatic nitrogens is 1. The third-order valence-corrected chi connectivity index (χ3v) is 5.61. The summed E-state index contributed by atoms with van der Waals surface area (Å²) >= 11 is 1.14. The van der Waals surface area contributed by atoms with Gasteiger partial charge in [0.05, 0.1) is 9.75 Å². The molecule has 2 aromatic rings. The van der Waals surface area contributed by atoms with Crippen molar-refractivity contribution in [3.05, 3.63) is 28.3 Å². The SMILES string of the molecule is CNC[C@H]1CCCN(C(=O)c2ccc(-c3noc(C(F)(F)F)c3C)s2)C1.Cl. The summed E-state index contributed by atoms with van der Waals surface area (Å²) in [5.41, 5.74) is 0.0680. The lowest BCUT2D eigenvalue weighted by molar-refractivity contribution is -0.156. The molecule has 0 radical (unpaired) electrons. The second-order valence-electron chi connectivity index (χ2n) is 6.46. The van der Waals surface area contributed by atoms with Crippen LogP contribution in [0.25, 0.3) is 10.6 Å². The number of carbonyl (C=O) groups excluding carboxylic acids is 1. The van der Waals surface area contributed by atoms with Crippen molar-refractivity contribution in [1.82, 2.24) is 15.4 Å². The van der Waals surface area contributed by atoms with Gasteiger partial charge in [0.1, 0.15) is 5.69 Å². The van der Waals surface area contributed by atoms with Crippen molar-refractivity contribution in [2.75, 3.05) is 26.7 Å². The van der Waals surface area contributed by atoms with Gasteiger partial charge >= 0.3 is 6.18 Å².